The van der Waals surface area contributed by atoms with Gasteiger partial charge in [-0.05, 0) is 6.07 Å². The van der Waals surface area contributed by atoms with E-state index in [2.05, 4.69) is 0 Å². The summed E-state index contributed by atoms with van der Waals surface area (Å²) in [5, 5.41) is 29.5. The number of hydrogen-bond acceptors (Lipinski definition) is 6. The maximum absolute atomic E-state index is 12.5. The number of sulfonamides is 1. The van der Waals surface area contributed by atoms with E-state index < -0.39 is 50.2 Å². The van der Waals surface area contributed by atoms with Crippen molar-refractivity contribution in [2.45, 2.75) is 23.5 Å². The van der Waals surface area contributed by atoms with Gasteiger partial charge < -0.3 is 10.2 Å². The van der Waals surface area contributed by atoms with Crippen LogP contribution in [-0.2, 0) is 14.8 Å². The van der Waals surface area contributed by atoms with Gasteiger partial charge in [-0.3, -0.25) is 14.9 Å². The Kier molecular flexibility index (Phi) is 3.94. The summed E-state index contributed by atoms with van der Waals surface area (Å²) in [4.78, 5) is 20.6. The van der Waals surface area contributed by atoms with E-state index in [1.165, 1.54) is 12.1 Å². The zero-order chi connectivity index (χ0) is 15.8. The second-order valence-electron chi connectivity index (χ2n) is 4.54. The normalized spacial score (nSPS) is 23.1. The zero-order valence-electron chi connectivity index (χ0n) is 10.6. The highest BCUT2D eigenvalue weighted by molar-refractivity contribution is 7.89. The van der Waals surface area contributed by atoms with Gasteiger partial charge in [-0.25, -0.2) is 8.42 Å². The van der Waals surface area contributed by atoms with Gasteiger partial charge in [0, 0.05) is 19.0 Å². The lowest BCUT2D eigenvalue weighted by Crippen LogP contribution is -2.40. The number of rotatable bonds is 4. The molecule has 0 bridgehead atoms. The van der Waals surface area contributed by atoms with Gasteiger partial charge in [-0.15, -0.1) is 0 Å². The van der Waals surface area contributed by atoms with Crippen molar-refractivity contribution >= 4 is 21.7 Å². The fourth-order valence-electron chi connectivity index (χ4n) is 2.23. The van der Waals surface area contributed by atoms with Crippen molar-refractivity contribution in [3.8, 4) is 0 Å². The SMILES string of the molecule is O=C(O)[C@@H]1C[C@H](O)CN1S(=O)(=O)c1ccccc1[N+](=O)[O-]. The van der Waals surface area contributed by atoms with Gasteiger partial charge in [0.2, 0.25) is 0 Å². The highest BCUT2D eigenvalue weighted by atomic mass is 32.2. The maximum atomic E-state index is 12.5. The summed E-state index contributed by atoms with van der Waals surface area (Å²) < 4.78 is 25.5. The molecule has 2 rings (SSSR count). The Hall–Kier alpha value is -2.04. The number of benzene rings is 1. The van der Waals surface area contributed by atoms with Gasteiger partial charge in [-0.2, -0.15) is 4.31 Å². The molecule has 9 nitrogen and oxygen atoms in total. The van der Waals surface area contributed by atoms with Crippen LogP contribution in [-0.4, -0.2) is 52.5 Å². The zero-order valence-corrected chi connectivity index (χ0v) is 11.4. The van der Waals surface area contributed by atoms with Gasteiger partial charge in [0.05, 0.1) is 11.0 Å². The number of aliphatic hydroxyl groups is 1. The Morgan fingerprint density at radius 3 is 2.57 bits per heavy atom. The van der Waals surface area contributed by atoms with Crippen LogP contribution in [0.2, 0.25) is 0 Å². The fraction of sp³-hybridized carbons (Fsp3) is 0.364. The molecule has 0 amide bonds. The predicted octanol–water partition coefficient (Wildman–Crippen LogP) is -0.197. The van der Waals surface area contributed by atoms with Crippen LogP contribution in [0.15, 0.2) is 29.2 Å². The van der Waals surface area contributed by atoms with Crippen LogP contribution in [0.4, 0.5) is 5.69 Å². The second-order valence-corrected chi connectivity index (χ2v) is 6.40. The van der Waals surface area contributed by atoms with Crippen LogP contribution in [0.1, 0.15) is 6.42 Å². The van der Waals surface area contributed by atoms with E-state index in [0.717, 1.165) is 12.1 Å². The fourth-order valence-corrected chi connectivity index (χ4v) is 4.02. The summed E-state index contributed by atoms with van der Waals surface area (Å²) >= 11 is 0. The summed E-state index contributed by atoms with van der Waals surface area (Å²) in [7, 11) is -4.39. The minimum atomic E-state index is -4.39. The molecule has 1 heterocycles. The van der Waals surface area contributed by atoms with E-state index in [0.29, 0.717) is 4.31 Å². The number of nitro groups is 1. The lowest BCUT2D eigenvalue weighted by Gasteiger charge is -2.20. The number of β-amino-alcohol motifs (C(OH)–C–C–N with tert-alkyl or cyclic N) is 1. The number of hydrogen-bond donors (Lipinski definition) is 2. The molecule has 21 heavy (non-hydrogen) atoms. The molecular weight excluding hydrogens is 304 g/mol. The summed E-state index contributed by atoms with van der Waals surface area (Å²) in [6.07, 6.45) is -1.38. The lowest BCUT2D eigenvalue weighted by atomic mass is 10.2. The van der Waals surface area contributed by atoms with Crippen molar-refractivity contribution in [2.75, 3.05) is 6.54 Å². The standard InChI is InChI=1S/C11H12N2O7S/c14-7-5-9(11(15)16)12(6-7)21(19,20)10-4-2-1-3-8(10)13(17)18/h1-4,7,9,14H,5-6H2,(H,15,16)/t7-,9-/m0/s1. The van der Waals surface area contributed by atoms with E-state index >= 15 is 0 Å². The molecule has 114 valence electrons. The van der Waals surface area contributed by atoms with Crippen LogP contribution < -0.4 is 0 Å². The highest BCUT2D eigenvalue weighted by Crippen LogP contribution is 2.31. The molecule has 1 aliphatic rings. The Balaban J connectivity index is 2.52. The van der Waals surface area contributed by atoms with Crippen LogP contribution in [0.25, 0.3) is 0 Å². The quantitative estimate of drug-likeness (QED) is 0.579. The van der Waals surface area contributed by atoms with E-state index in [9.17, 15) is 28.4 Å². The van der Waals surface area contributed by atoms with E-state index in [1.807, 2.05) is 0 Å². The number of aliphatic hydroxyl groups excluding tert-OH is 1. The van der Waals surface area contributed by atoms with Crippen molar-refractivity contribution in [3.63, 3.8) is 0 Å². The molecule has 10 heteroatoms. The molecule has 1 aromatic rings. The number of para-hydroxylation sites is 1. The Morgan fingerprint density at radius 1 is 1.38 bits per heavy atom. The van der Waals surface area contributed by atoms with Crippen LogP contribution in [0, 0.1) is 10.1 Å². The molecule has 0 aromatic heterocycles. The molecule has 2 N–H and O–H groups in total. The van der Waals surface area contributed by atoms with Gasteiger partial charge in [-0.1, -0.05) is 12.1 Å². The maximum Gasteiger partial charge on any atom is 0.322 e. The monoisotopic (exact) mass is 316 g/mol. The largest absolute Gasteiger partial charge is 0.480 e. The molecule has 0 unspecified atom stereocenters. The molecule has 1 fully saturated rings. The highest BCUT2D eigenvalue weighted by Gasteiger charge is 2.45. The smallest absolute Gasteiger partial charge is 0.322 e. The number of aliphatic carboxylic acids is 1. The minimum absolute atomic E-state index is 0.255. The molecule has 0 aliphatic carbocycles. The van der Waals surface area contributed by atoms with Crippen molar-refractivity contribution < 1.29 is 28.3 Å². The molecule has 0 radical (unpaired) electrons. The van der Waals surface area contributed by atoms with E-state index in [-0.39, 0.29) is 6.42 Å². The average molecular weight is 316 g/mol. The molecular formula is C11H12N2O7S. The first-order valence-corrected chi connectivity index (χ1v) is 7.35. The van der Waals surface area contributed by atoms with Crippen LogP contribution in [0.5, 0.6) is 0 Å². The van der Waals surface area contributed by atoms with Gasteiger partial charge in [0.1, 0.15) is 6.04 Å². The van der Waals surface area contributed by atoms with E-state index in [4.69, 9.17) is 5.11 Å². The van der Waals surface area contributed by atoms with Gasteiger partial charge in [0.25, 0.3) is 15.7 Å². The Bertz CT molecular complexity index is 688. The summed E-state index contributed by atoms with van der Waals surface area (Å²) in [6, 6.07) is 3.24. The predicted molar refractivity (Wildman–Crippen MR) is 69.0 cm³/mol. The van der Waals surface area contributed by atoms with Crippen molar-refractivity contribution in [3.05, 3.63) is 34.4 Å². The molecule has 1 aromatic carbocycles. The number of carboxylic acids is 1. The average Bonchev–Trinajstić information content (AvgIpc) is 2.82. The molecule has 0 saturated carbocycles. The number of carboxylic acid groups (broad SMARTS) is 1. The Labute approximate surface area is 119 Å². The second kappa shape index (κ2) is 5.39. The molecule has 1 saturated heterocycles. The Morgan fingerprint density at radius 2 is 2.00 bits per heavy atom. The van der Waals surface area contributed by atoms with Gasteiger partial charge in [0.15, 0.2) is 4.90 Å². The summed E-state index contributed by atoms with van der Waals surface area (Å²) in [6.45, 7) is -0.411. The van der Waals surface area contributed by atoms with Crippen molar-refractivity contribution in [2.24, 2.45) is 0 Å². The van der Waals surface area contributed by atoms with Crippen molar-refractivity contribution in [1.29, 1.82) is 0 Å². The summed E-state index contributed by atoms with van der Waals surface area (Å²) in [5.74, 6) is -1.41. The van der Waals surface area contributed by atoms with Crippen LogP contribution >= 0.6 is 0 Å². The first-order valence-electron chi connectivity index (χ1n) is 5.91. The number of nitrogens with zero attached hydrogens (tertiary/aromatic N) is 2. The third kappa shape index (κ3) is 2.73. The van der Waals surface area contributed by atoms with Gasteiger partial charge >= 0.3 is 5.97 Å². The van der Waals surface area contributed by atoms with Crippen LogP contribution in [0.3, 0.4) is 0 Å². The van der Waals surface area contributed by atoms with Crippen molar-refractivity contribution in [1.82, 2.24) is 4.31 Å². The molecule has 1 aliphatic heterocycles. The third-order valence-electron chi connectivity index (χ3n) is 3.17. The summed E-state index contributed by atoms with van der Waals surface area (Å²) in [5.41, 5.74) is -0.636. The third-order valence-corrected chi connectivity index (χ3v) is 5.09. The van der Waals surface area contributed by atoms with E-state index in [1.54, 1.807) is 0 Å². The molecule has 0 spiro atoms. The first kappa shape index (κ1) is 15.4. The minimum Gasteiger partial charge on any atom is -0.480 e. The molecule has 2 atom stereocenters. The number of nitro benzene ring substituents is 1. The lowest BCUT2D eigenvalue weighted by molar-refractivity contribution is -0.387. The number of carbonyl (C=O) groups is 1. The first-order chi connectivity index (χ1) is 9.75. The topological polar surface area (TPSA) is 138 Å².